The van der Waals surface area contributed by atoms with E-state index in [0.29, 0.717) is 16.7 Å². The number of halogens is 1. The van der Waals surface area contributed by atoms with Crippen LogP contribution < -0.4 is 5.32 Å². The molecule has 0 amide bonds. The van der Waals surface area contributed by atoms with E-state index in [9.17, 15) is 12.8 Å². The van der Waals surface area contributed by atoms with E-state index in [1.54, 1.807) is 30.3 Å². The molecule has 128 valence electrons. The first-order chi connectivity index (χ1) is 11.9. The van der Waals surface area contributed by atoms with E-state index < -0.39 is 9.84 Å². The van der Waals surface area contributed by atoms with Crippen molar-refractivity contribution in [2.45, 2.75) is 23.8 Å². The fourth-order valence-corrected chi connectivity index (χ4v) is 3.93. The van der Waals surface area contributed by atoms with Gasteiger partial charge in [0.1, 0.15) is 18.0 Å². The number of anilines is 1. The number of fused-ring (bicyclic) bond motifs is 2. The predicted molar refractivity (Wildman–Crippen MR) is 93.7 cm³/mol. The average Bonchev–Trinajstić information content (AvgIpc) is 2.96. The van der Waals surface area contributed by atoms with E-state index in [-0.39, 0.29) is 16.8 Å². The number of aromatic nitrogens is 2. The van der Waals surface area contributed by atoms with Crippen LogP contribution in [0.3, 0.4) is 0 Å². The number of nitrogens with one attached hydrogen (secondary N) is 1. The number of benzene rings is 2. The monoisotopic (exact) mass is 357 g/mol. The Balaban J connectivity index is 1.76. The quantitative estimate of drug-likeness (QED) is 0.779. The summed E-state index contributed by atoms with van der Waals surface area (Å²) in [6, 6.07) is 9.64. The fourth-order valence-electron chi connectivity index (χ4n) is 3.28. The summed E-state index contributed by atoms with van der Waals surface area (Å²) in [7, 11) is -3.32. The molecule has 0 radical (unpaired) electrons. The van der Waals surface area contributed by atoms with Crippen LogP contribution in [0.2, 0.25) is 0 Å². The van der Waals surface area contributed by atoms with Crippen molar-refractivity contribution in [1.82, 2.24) is 9.97 Å². The van der Waals surface area contributed by atoms with E-state index in [1.807, 2.05) is 0 Å². The van der Waals surface area contributed by atoms with Gasteiger partial charge in [-0.05, 0) is 54.3 Å². The molecule has 1 aromatic heterocycles. The Kier molecular flexibility index (Phi) is 3.68. The minimum Gasteiger partial charge on any atom is -0.363 e. The smallest absolute Gasteiger partial charge is 0.175 e. The first kappa shape index (κ1) is 16.0. The van der Waals surface area contributed by atoms with Gasteiger partial charge in [0.15, 0.2) is 9.84 Å². The highest BCUT2D eigenvalue weighted by molar-refractivity contribution is 7.90. The predicted octanol–water partition coefficient (Wildman–Crippen LogP) is 3.27. The van der Waals surface area contributed by atoms with Crippen LogP contribution in [0.5, 0.6) is 0 Å². The highest BCUT2D eigenvalue weighted by Crippen LogP contribution is 2.35. The van der Waals surface area contributed by atoms with Crippen molar-refractivity contribution in [3.8, 4) is 0 Å². The Hall–Kier alpha value is -2.54. The molecule has 0 spiro atoms. The molecular formula is C18H16FN3O2S. The third-order valence-corrected chi connectivity index (χ3v) is 5.64. The highest BCUT2D eigenvalue weighted by atomic mass is 32.2. The Labute approximate surface area is 144 Å². The molecule has 0 saturated carbocycles. The van der Waals surface area contributed by atoms with Gasteiger partial charge < -0.3 is 5.32 Å². The third kappa shape index (κ3) is 2.95. The van der Waals surface area contributed by atoms with E-state index in [2.05, 4.69) is 15.3 Å². The number of aryl methyl sites for hydroxylation is 1. The lowest BCUT2D eigenvalue weighted by Crippen LogP contribution is -2.09. The van der Waals surface area contributed by atoms with Crippen LogP contribution in [0.25, 0.3) is 10.9 Å². The highest BCUT2D eigenvalue weighted by Gasteiger charge is 2.24. The van der Waals surface area contributed by atoms with Crippen molar-refractivity contribution in [3.05, 3.63) is 59.7 Å². The Morgan fingerprint density at radius 2 is 2.00 bits per heavy atom. The fraction of sp³-hybridized carbons (Fsp3) is 0.222. The Bertz CT molecular complexity index is 1080. The van der Waals surface area contributed by atoms with Gasteiger partial charge in [-0.3, -0.25) is 0 Å². The second kappa shape index (κ2) is 5.77. The first-order valence-corrected chi connectivity index (χ1v) is 9.80. The van der Waals surface area contributed by atoms with Gasteiger partial charge >= 0.3 is 0 Å². The molecule has 1 aliphatic carbocycles. The lowest BCUT2D eigenvalue weighted by Gasteiger charge is -2.16. The zero-order valence-corrected chi connectivity index (χ0v) is 14.3. The number of rotatable bonds is 3. The molecule has 4 rings (SSSR count). The van der Waals surface area contributed by atoms with Gasteiger partial charge in [0.05, 0.1) is 16.5 Å². The van der Waals surface area contributed by atoms with Gasteiger partial charge in [-0.15, -0.1) is 0 Å². The minimum absolute atomic E-state index is 0.00981. The molecule has 0 aliphatic heterocycles. The van der Waals surface area contributed by atoms with Crippen molar-refractivity contribution >= 4 is 26.6 Å². The van der Waals surface area contributed by atoms with Crippen LogP contribution in [0, 0.1) is 5.82 Å². The van der Waals surface area contributed by atoms with Crippen LogP contribution in [0.4, 0.5) is 10.2 Å². The van der Waals surface area contributed by atoms with Crippen molar-refractivity contribution in [2.24, 2.45) is 0 Å². The summed E-state index contributed by atoms with van der Waals surface area (Å²) in [6.07, 6.45) is 4.25. The van der Waals surface area contributed by atoms with Gasteiger partial charge in [-0.2, -0.15) is 0 Å². The van der Waals surface area contributed by atoms with E-state index in [1.165, 1.54) is 18.6 Å². The molecule has 2 aromatic carbocycles. The molecule has 0 bridgehead atoms. The maximum Gasteiger partial charge on any atom is 0.175 e. The third-order valence-electron chi connectivity index (χ3n) is 4.53. The molecule has 7 heteroatoms. The largest absolute Gasteiger partial charge is 0.363 e. The summed E-state index contributed by atoms with van der Waals surface area (Å²) in [5.74, 6) is 0.349. The van der Waals surface area contributed by atoms with Crippen molar-refractivity contribution in [2.75, 3.05) is 11.6 Å². The van der Waals surface area contributed by atoms with Gasteiger partial charge in [-0.1, -0.05) is 6.07 Å². The maximum absolute atomic E-state index is 13.4. The number of sulfone groups is 1. The summed E-state index contributed by atoms with van der Waals surface area (Å²) in [4.78, 5) is 8.72. The topological polar surface area (TPSA) is 72.0 Å². The number of nitrogens with zero attached hydrogens (tertiary/aromatic N) is 2. The molecule has 3 aromatic rings. The van der Waals surface area contributed by atoms with Crippen LogP contribution in [-0.4, -0.2) is 24.6 Å². The molecule has 1 N–H and O–H groups in total. The zero-order valence-electron chi connectivity index (χ0n) is 13.5. The minimum atomic E-state index is -3.32. The van der Waals surface area contributed by atoms with Gasteiger partial charge in [0, 0.05) is 11.6 Å². The van der Waals surface area contributed by atoms with Crippen LogP contribution in [0.15, 0.2) is 47.6 Å². The molecular weight excluding hydrogens is 341 g/mol. The molecule has 1 heterocycles. The molecule has 1 aliphatic rings. The van der Waals surface area contributed by atoms with Gasteiger partial charge in [0.2, 0.25) is 0 Å². The zero-order chi connectivity index (χ0) is 17.6. The summed E-state index contributed by atoms with van der Waals surface area (Å²) >= 11 is 0. The molecule has 0 fully saturated rings. The summed E-state index contributed by atoms with van der Waals surface area (Å²) in [6.45, 7) is 0. The molecule has 0 saturated heterocycles. The second-order valence-electron chi connectivity index (χ2n) is 6.25. The van der Waals surface area contributed by atoms with Gasteiger partial charge in [0.25, 0.3) is 0 Å². The summed E-state index contributed by atoms with van der Waals surface area (Å²) in [5.41, 5.74) is 2.71. The Morgan fingerprint density at radius 1 is 1.16 bits per heavy atom. The molecule has 0 unspecified atom stereocenters. The van der Waals surface area contributed by atoms with Crippen molar-refractivity contribution in [3.63, 3.8) is 0 Å². The van der Waals surface area contributed by atoms with Crippen LogP contribution in [0.1, 0.15) is 23.6 Å². The molecule has 25 heavy (non-hydrogen) atoms. The van der Waals surface area contributed by atoms with E-state index >= 15 is 0 Å². The SMILES string of the molecule is CS(=O)(=O)c1ccc2ncnc(N[C@@H]3CCc4cc(F)ccc43)c2c1. The van der Waals surface area contributed by atoms with Crippen molar-refractivity contribution in [1.29, 1.82) is 0 Å². The van der Waals surface area contributed by atoms with Crippen LogP contribution in [-0.2, 0) is 16.3 Å². The van der Waals surface area contributed by atoms with Crippen LogP contribution >= 0.6 is 0 Å². The standard InChI is InChI=1S/C18H16FN3O2S/c1-25(23,24)13-4-7-16-15(9-13)18(21-10-20-16)22-17-6-2-11-8-12(19)3-5-14(11)17/h3-5,7-10,17H,2,6H2,1H3,(H,20,21,22)/t17-/m1/s1. The number of hydrogen-bond donors (Lipinski definition) is 1. The average molecular weight is 357 g/mol. The van der Waals surface area contributed by atoms with E-state index in [0.717, 1.165) is 24.0 Å². The lowest BCUT2D eigenvalue weighted by atomic mass is 10.1. The van der Waals surface area contributed by atoms with E-state index in [4.69, 9.17) is 0 Å². The second-order valence-corrected chi connectivity index (χ2v) is 8.27. The Morgan fingerprint density at radius 3 is 2.80 bits per heavy atom. The number of hydrogen-bond acceptors (Lipinski definition) is 5. The summed E-state index contributed by atoms with van der Waals surface area (Å²) < 4.78 is 37.0. The normalized spacial score (nSPS) is 16.8. The maximum atomic E-state index is 13.4. The van der Waals surface area contributed by atoms with Gasteiger partial charge in [-0.25, -0.2) is 22.8 Å². The molecule has 1 atom stereocenters. The van der Waals surface area contributed by atoms with Crippen molar-refractivity contribution < 1.29 is 12.8 Å². The molecule has 5 nitrogen and oxygen atoms in total. The lowest BCUT2D eigenvalue weighted by molar-refractivity contribution is 0.602. The summed E-state index contributed by atoms with van der Waals surface area (Å²) in [5, 5.41) is 4.02. The first-order valence-electron chi connectivity index (χ1n) is 7.91.